The number of aromatic nitrogens is 5. The van der Waals surface area contributed by atoms with E-state index in [4.69, 9.17) is 24.9 Å². The predicted octanol–water partition coefficient (Wildman–Crippen LogP) is 4.90. The molecule has 0 radical (unpaired) electrons. The first kappa shape index (κ1) is 28.3. The van der Waals surface area contributed by atoms with Gasteiger partial charge in [0.05, 0.1) is 45.2 Å². The lowest BCUT2D eigenvalue weighted by Crippen LogP contribution is -2.37. The number of nitrogens with zero attached hydrogens (tertiary/aromatic N) is 6. The molecular formula is C31H32IN7O3. The molecule has 6 rings (SSSR count). The van der Waals surface area contributed by atoms with Crippen LogP contribution in [0.2, 0.25) is 0 Å². The molecule has 1 aliphatic heterocycles. The maximum atomic E-state index is 6.45. The summed E-state index contributed by atoms with van der Waals surface area (Å²) in [5.41, 5.74) is 10.8. The van der Waals surface area contributed by atoms with Crippen LogP contribution < -0.4 is 15.2 Å². The van der Waals surface area contributed by atoms with E-state index in [9.17, 15) is 0 Å². The van der Waals surface area contributed by atoms with Crippen molar-refractivity contribution in [2.45, 2.75) is 13.0 Å². The third-order valence-corrected chi connectivity index (χ3v) is 7.92. The molecule has 0 unspecified atom stereocenters. The smallest absolute Gasteiger partial charge is 0.162 e. The van der Waals surface area contributed by atoms with Crippen molar-refractivity contribution in [3.8, 4) is 34.1 Å². The summed E-state index contributed by atoms with van der Waals surface area (Å²) in [5.74, 6) is 2.14. The molecule has 0 spiro atoms. The molecule has 1 fully saturated rings. The number of nitrogen functional groups attached to an aromatic ring is 1. The van der Waals surface area contributed by atoms with Gasteiger partial charge in [-0.1, -0.05) is 35.5 Å². The Hall–Kier alpha value is -3.81. The van der Waals surface area contributed by atoms with Crippen molar-refractivity contribution in [3.05, 3.63) is 76.0 Å². The molecule has 0 bridgehead atoms. The van der Waals surface area contributed by atoms with E-state index in [2.05, 4.69) is 67.1 Å². The molecule has 0 atom stereocenters. The topological polar surface area (TPSA) is 113 Å². The molecule has 2 N–H and O–H groups in total. The lowest BCUT2D eigenvalue weighted by molar-refractivity contribution is 0.0357. The summed E-state index contributed by atoms with van der Waals surface area (Å²) in [5, 5.41) is 9.44. The van der Waals surface area contributed by atoms with Gasteiger partial charge in [0.25, 0.3) is 0 Å². The summed E-state index contributed by atoms with van der Waals surface area (Å²) in [6.45, 7) is 5.70. The second kappa shape index (κ2) is 13.0. The molecule has 0 saturated carbocycles. The zero-order chi connectivity index (χ0) is 28.9. The first-order valence-corrected chi connectivity index (χ1v) is 15.0. The van der Waals surface area contributed by atoms with Gasteiger partial charge in [0.1, 0.15) is 11.5 Å². The molecule has 1 aliphatic rings. The van der Waals surface area contributed by atoms with E-state index < -0.39 is 0 Å². The minimum atomic E-state index is 0.379. The van der Waals surface area contributed by atoms with Crippen molar-refractivity contribution in [1.82, 2.24) is 29.9 Å². The first-order chi connectivity index (χ1) is 20.6. The molecule has 2 aromatic heterocycles. The Morgan fingerprint density at radius 2 is 1.79 bits per heavy atom. The highest BCUT2D eigenvalue weighted by Crippen LogP contribution is 2.35. The molecule has 3 aromatic carbocycles. The number of morpholine rings is 1. The largest absolute Gasteiger partial charge is 0.493 e. The van der Waals surface area contributed by atoms with Crippen molar-refractivity contribution in [2.24, 2.45) is 0 Å². The summed E-state index contributed by atoms with van der Waals surface area (Å²) in [7, 11) is 1.63. The SMILES string of the molecule is COc1cc2nc(-c3cccc(-c4cn(Cc5ccc(I)cc5)nn4)c3)nc(N)c2cc1OCCCN1CCOCC1. The fraction of sp³-hybridized carbons (Fsp3) is 0.290. The van der Waals surface area contributed by atoms with Crippen molar-refractivity contribution in [1.29, 1.82) is 0 Å². The molecule has 5 aromatic rings. The number of methoxy groups -OCH3 is 1. The fourth-order valence-electron chi connectivity index (χ4n) is 4.96. The quantitative estimate of drug-likeness (QED) is 0.163. The maximum Gasteiger partial charge on any atom is 0.162 e. The number of hydrogen-bond acceptors (Lipinski definition) is 9. The van der Waals surface area contributed by atoms with Crippen LogP contribution >= 0.6 is 22.6 Å². The Morgan fingerprint density at radius 3 is 2.60 bits per heavy atom. The third kappa shape index (κ3) is 6.63. The molecule has 10 nitrogen and oxygen atoms in total. The number of benzene rings is 3. The van der Waals surface area contributed by atoms with Crippen molar-refractivity contribution in [3.63, 3.8) is 0 Å². The monoisotopic (exact) mass is 677 g/mol. The lowest BCUT2D eigenvalue weighted by Gasteiger charge is -2.26. The van der Waals surface area contributed by atoms with Crippen molar-refractivity contribution < 1.29 is 14.2 Å². The number of fused-ring (bicyclic) bond motifs is 1. The fourth-order valence-corrected chi connectivity index (χ4v) is 5.32. The van der Waals surface area contributed by atoms with Gasteiger partial charge >= 0.3 is 0 Å². The Morgan fingerprint density at radius 1 is 0.976 bits per heavy atom. The average Bonchev–Trinajstić information content (AvgIpc) is 3.49. The normalized spacial score (nSPS) is 13.9. The summed E-state index contributed by atoms with van der Waals surface area (Å²) in [6.07, 6.45) is 2.85. The standard InChI is InChI=1S/C31H32IN7O3/c1-40-28-18-26-25(17-29(28)42-13-3-10-38-11-14-41-15-12-38)30(33)35-31(34-26)23-5-2-4-22(16-23)27-20-39(37-36-27)19-21-6-8-24(32)9-7-21/h2,4-9,16-18,20H,3,10-15,19H2,1H3,(H2,33,34,35). The summed E-state index contributed by atoms with van der Waals surface area (Å²) < 4.78 is 20.2. The highest BCUT2D eigenvalue weighted by atomic mass is 127. The number of halogens is 1. The van der Waals surface area contributed by atoms with Gasteiger partial charge in [0, 0.05) is 45.8 Å². The predicted molar refractivity (Wildman–Crippen MR) is 171 cm³/mol. The van der Waals surface area contributed by atoms with Crippen molar-refractivity contribution in [2.75, 3.05) is 52.3 Å². The first-order valence-electron chi connectivity index (χ1n) is 13.9. The van der Waals surface area contributed by atoms with Gasteiger partial charge in [0.2, 0.25) is 0 Å². The van der Waals surface area contributed by atoms with E-state index in [-0.39, 0.29) is 0 Å². The van der Waals surface area contributed by atoms with Crippen molar-refractivity contribution >= 4 is 39.3 Å². The third-order valence-electron chi connectivity index (χ3n) is 7.20. The summed E-state index contributed by atoms with van der Waals surface area (Å²) in [4.78, 5) is 11.9. The van der Waals surface area contributed by atoms with Gasteiger partial charge in [-0.05, 0) is 58.8 Å². The molecule has 0 aliphatic carbocycles. The van der Waals surface area contributed by atoms with Crippen LogP contribution in [-0.4, -0.2) is 76.4 Å². The molecule has 1 saturated heterocycles. The van der Waals surface area contributed by atoms with Crippen LogP contribution in [0.5, 0.6) is 11.5 Å². The van der Waals surface area contributed by atoms with E-state index in [1.165, 1.54) is 3.57 Å². The number of nitrogens with two attached hydrogens (primary N) is 1. The minimum Gasteiger partial charge on any atom is -0.493 e. The Labute approximate surface area is 257 Å². The van der Waals surface area contributed by atoms with Gasteiger partial charge < -0.3 is 19.9 Å². The summed E-state index contributed by atoms with van der Waals surface area (Å²) >= 11 is 2.30. The van der Waals surface area contributed by atoms with Crippen LogP contribution in [0.1, 0.15) is 12.0 Å². The Kier molecular flexibility index (Phi) is 8.77. The molecule has 0 amide bonds. The van der Waals surface area contributed by atoms with Crippen LogP contribution in [0.15, 0.2) is 66.9 Å². The van der Waals surface area contributed by atoms with Gasteiger partial charge in [0.15, 0.2) is 17.3 Å². The van der Waals surface area contributed by atoms with Crippen LogP contribution in [0, 0.1) is 3.57 Å². The van der Waals surface area contributed by atoms with Gasteiger partial charge in [-0.2, -0.15) is 0 Å². The van der Waals surface area contributed by atoms with E-state index in [1.54, 1.807) is 7.11 Å². The van der Waals surface area contributed by atoms with Gasteiger partial charge in [-0.25, -0.2) is 14.6 Å². The lowest BCUT2D eigenvalue weighted by atomic mass is 10.1. The molecule has 11 heteroatoms. The second-order valence-electron chi connectivity index (χ2n) is 10.1. The van der Waals surface area contributed by atoms with E-state index in [1.807, 2.05) is 47.3 Å². The van der Waals surface area contributed by atoms with Crippen LogP contribution in [0.3, 0.4) is 0 Å². The second-order valence-corrected chi connectivity index (χ2v) is 11.4. The number of anilines is 1. The zero-order valence-corrected chi connectivity index (χ0v) is 25.5. The molecule has 216 valence electrons. The van der Waals surface area contributed by atoms with Crippen LogP contribution in [0.25, 0.3) is 33.5 Å². The van der Waals surface area contributed by atoms with Gasteiger partial charge in [-0.3, -0.25) is 4.90 Å². The van der Waals surface area contributed by atoms with E-state index in [0.29, 0.717) is 41.8 Å². The maximum absolute atomic E-state index is 6.45. The van der Waals surface area contributed by atoms with E-state index >= 15 is 0 Å². The van der Waals surface area contributed by atoms with E-state index in [0.717, 1.165) is 67.0 Å². The van der Waals surface area contributed by atoms with Crippen LogP contribution in [-0.2, 0) is 11.3 Å². The molecule has 3 heterocycles. The average molecular weight is 678 g/mol. The summed E-state index contributed by atoms with van der Waals surface area (Å²) in [6, 6.07) is 20.0. The van der Waals surface area contributed by atoms with Gasteiger partial charge in [-0.15, -0.1) is 5.10 Å². The minimum absolute atomic E-state index is 0.379. The number of ether oxygens (including phenoxy) is 3. The highest BCUT2D eigenvalue weighted by Gasteiger charge is 2.15. The highest BCUT2D eigenvalue weighted by molar-refractivity contribution is 14.1. The van der Waals surface area contributed by atoms with Crippen LogP contribution in [0.4, 0.5) is 5.82 Å². The number of rotatable bonds is 10. The zero-order valence-electron chi connectivity index (χ0n) is 23.4. The Balaban J connectivity index is 1.19. The number of hydrogen-bond donors (Lipinski definition) is 1. The molecular weight excluding hydrogens is 645 g/mol. The molecule has 42 heavy (non-hydrogen) atoms. The Bertz CT molecular complexity index is 1670.